The predicted molar refractivity (Wildman–Crippen MR) is 97.2 cm³/mol. The van der Waals surface area contributed by atoms with Gasteiger partial charge in [0.15, 0.2) is 0 Å². The van der Waals surface area contributed by atoms with Crippen LogP contribution in [-0.4, -0.2) is 29.2 Å². The Morgan fingerprint density at radius 3 is 2.41 bits per heavy atom. The Kier molecular flexibility index (Phi) is 6.97. The molecule has 0 aliphatic carbocycles. The lowest BCUT2D eigenvalue weighted by Gasteiger charge is -2.30. The van der Waals surface area contributed by atoms with Crippen molar-refractivity contribution in [3.8, 4) is 5.75 Å². The standard InChI is InChI=1S/C17H26INO3/c1-7-21-15-9-8-13(10-14(15)18)11-19(12(2)3)16(20)22-17(4,5)6/h8-10,12H,7,11H2,1-6H3. The molecule has 0 atom stereocenters. The van der Waals surface area contributed by atoms with Crippen LogP contribution in [0.15, 0.2) is 18.2 Å². The second kappa shape index (κ2) is 8.04. The molecule has 0 fully saturated rings. The number of carbonyl (C=O) groups is 1. The summed E-state index contributed by atoms with van der Waals surface area (Å²) in [5.41, 5.74) is 0.574. The first-order valence-corrected chi connectivity index (χ1v) is 8.62. The van der Waals surface area contributed by atoms with E-state index >= 15 is 0 Å². The Bertz CT molecular complexity index is 509. The van der Waals surface area contributed by atoms with Crippen LogP contribution >= 0.6 is 22.6 Å². The molecule has 0 N–H and O–H groups in total. The first kappa shape index (κ1) is 19.1. The third kappa shape index (κ3) is 6.02. The second-order valence-corrected chi connectivity index (χ2v) is 7.56. The SMILES string of the molecule is CCOc1ccc(CN(C(=O)OC(C)(C)C)C(C)C)cc1I. The van der Waals surface area contributed by atoms with Gasteiger partial charge in [0.05, 0.1) is 10.2 Å². The largest absolute Gasteiger partial charge is 0.493 e. The predicted octanol–water partition coefficient (Wildman–Crippen LogP) is 4.84. The Hall–Kier alpha value is -0.980. The summed E-state index contributed by atoms with van der Waals surface area (Å²) in [5, 5.41) is 0. The molecule has 1 amide bonds. The smallest absolute Gasteiger partial charge is 0.410 e. The molecule has 0 heterocycles. The van der Waals surface area contributed by atoms with Gasteiger partial charge in [-0.05, 0) is 81.8 Å². The fraction of sp³-hybridized carbons (Fsp3) is 0.588. The Labute approximate surface area is 147 Å². The number of halogens is 1. The van der Waals surface area contributed by atoms with E-state index in [4.69, 9.17) is 9.47 Å². The number of hydrogen-bond donors (Lipinski definition) is 0. The van der Waals surface area contributed by atoms with Gasteiger partial charge in [0.25, 0.3) is 0 Å². The minimum atomic E-state index is -0.489. The molecular formula is C17H26INO3. The molecule has 1 aromatic rings. The van der Waals surface area contributed by atoms with Crippen molar-refractivity contribution in [3.05, 3.63) is 27.3 Å². The molecule has 0 aliphatic rings. The van der Waals surface area contributed by atoms with Gasteiger partial charge < -0.3 is 14.4 Å². The zero-order chi connectivity index (χ0) is 16.9. The lowest BCUT2D eigenvalue weighted by atomic mass is 10.2. The van der Waals surface area contributed by atoms with Crippen molar-refractivity contribution in [1.82, 2.24) is 4.90 Å². The van der Waals surface area contributed by atoms with Gasteiger partial charge >= 0.3 is 6.09 Å². The van der Waals surface area contributed by atoms with Gasteiger partial charge in [0.1, 0.15) is 11.4 Å². The molecule has 0 saturated heterocycles. The summed E-state index contributed by atoms with van der Waals surface area (Å²) in [6, 6.07) is 6.06. The maximum Gasteiger partial charge on any atom is 0.410 e. The van der Waals surface area contributed by atoms with Crippen LogP contribution in [0, 0.1) is 3.57 Å². The van der Waals surface area contributed by atoms with Crippen molar-refractivity contribution >= 4 is 28.7 Å². The van der Waals surface area contributed by atoms with Crippen molar-refractivity contribution in [1.29, 1.82) is 0 Å². The molecule has 22 heavy (non-hydrogen) atoms. The van der Waals surface area contributed by atoms with Gasteiger partial charge in [-0.1, -0.05) is 6.07 Å². The second-order valence-electron chi connectivity index (χ2n) is 6.40. The molecule has 0 aliphatic heterocycles. The summed E-state index contributed by atoms with van der Waals surface area (Å²) in [7, 11) is 0. The number of amides is 1. The van der Waals surface area contributed by atoms with E-state index < -0.39 is 5.60 Å². The van der Waals surface area contributed by atoms with Gasteiger partial charge in [-0.25, -0.2) is 4.79 Å². The third-order valence-electron chi connectivity index (χ3n) is 2.90. The first-order valence-electron chi connectivity index (χ1n) is 7.55. The van der Waals surface area contributed by atoms with E-state index in [1.807, 2.05) is 59.7 Å². The van der Waals surface area contributed by atoms with E-state index in [0.29, 0.717) is 13.2 Å². The lowest BCUT2D eigenvalue weighted by Crippen LogP contribution is -2.40. The quantitative estimate of drug-likeness (QED) is 0.642. The summed E-state index contributed by atoms with van der Waals surface area (Å²) in [6.07, 6.45) is -0.286. The molecule has 0 spiro atoms. The number of benzene rings is 1. The third-order valence-corrected chi connectivity index (χ3v) is 3.74. The van der Waals surface area contributed by atoms with Crippen LogP contribution in [0.25, 0.3) is 0 Å². The van der Waals surface area contributed by atoms with Gasteiger partial charge in [-0.2, -0.15) is 0 Å². The van der Waals surface area contributed by atoms with Crippen LogP contribution in [0.1, 0.15) is 47.1 Å². The highest BCUT2D eigenvalue weighted by atomic mass is 127. The van der Waals surface area contributed by atoms with Crippen LogP contribution in [0.2, 0.25) is 0 Å². The monoisotopic (exact) mass is 419 g/mol. The van der Waals surface area contributed by atoms with Gasteiger partial charge in [0.2, 0.25) is 0 Å². The van der Waals surface area contributed by atoms with Crippen LogP contribution in [0.4, 0.5) is 4.79 Å². The Morgan fingerprint density at radius 2 is 1.95 bits per heavy atom. The number of nitrogens with zero attached hydrogens (tertiary/aromatic N) is 1. The molecule has 0 aromatic heterocycles. The van der Waals surface area contributed by atoms with E-state index in [1.54, 1.807) is 4.90 Å². The molecule has 0 bridgehead atoms. The van der Waals surface area contributed by atoms with Crippen LogP contribution in [0.5, 0.6) is 5.75 Å². The summed E-state index contributed by atoms with van der Waals surface area (Å²) in [5.74, 6) is 0.875. The van der Waals surface area contributed by atoms with E-state index in [-0.39, 0.29) is 12.1 Å². The summed E-state index contributed by atoms with van der Waals surface area (Å²) in [6.45, 7) is 12.7. The van der Waals surface area contributed by atoms with E-state index in [9.17, 15) is 4.79 Å². The van der Waals surface area contributed by atoms with E-state index in [0.717, 1.165) is 14.9 Å². The van der Waals surface area contributed by atoms with Crippen molar-refractivity contribution in [2.45, 2.75) is 59.7 Å². The van der Waals surface area contributed by atoms with Gasteiger partial charge in [0, 0.05) is 12.6 Å². The number of rotatable bonds is 5. The normalized spacial score (nSPS) is 11.5. The molecule has 0 saturated carbocycles. The topological polar surface area (TPSA) is 38.8 Å². The highest BCUT2D eigenvalue weighted by Gasteiger charge is 2.24. The minimum absolute atomic E-state index is 0.0686. The van der Waals surface area contributed by atoms with Crippen LogP contribution < -0.4 is 4.74 Å². The highest BCUT2D eigenvalue weighted by molar-refractivity contribution is 14.1. The minimum Gasteiger partial charge on any atom is -0.493 e. The van der Waals surface area contributed by atoms with E-state index in [1.165, 1.54) is 0 Å². The summed E-state index contributed by atoms with van der Waals surface area (Å²) in [4.78, 5) is 14.1. The van der Waals surface area contributed by atoms with Crippen LogP contribution in [0.3, 0.4) is 0 Å². The van der Waals surface area contributed by atoms with Crippen molar-refractivity contribution in [2.75, 3.05) is 6.61 Å². The fourth-order valence-corrected chi connectivity index (χ4v) is 2.63. The van der Waals surface area contributed by atoms with E-state index in [2.05, 4.69) is 22.6 Å². The maximum absolute atomic E-state index is 12.3. The molecule has 0 radical (unpaired) electrons. The Morgan fingerprint density at radius 1 is 1.32 bits per heavy atom. The van der Waals surface area contributed by atoms with Crippen LogP contribution in [-0.2, 0) is 11.3 Å². The molecule has 1 rings (SSSR count). The number of hydrogen-bond acceptors (Lipinski definition) is 3. The average Bonchev–Trinajstić information content (AvgIpc) is 2.36. The average molecular weight is 419 g/mol. The van der Waals surface area contributed by atoms with Gasteiger partial charge in [-0.3, -0.25) is 0 Å². The Balaban J connectivity index is 2.87. The maximum atomic E-state index is 12.3. The summed E-state index contributed by atoms with van der Waals surface area (Å²) >= 11 is 2.25. The molecule has 0 unspecified atom stereocenters. The number of carbonyl (C=O) groups excluding carboxylic acids is 1. The molecule has 5 heteroatoms. The highest BCUT2D eigenvalue weighted by Crippen LogP contribution is 2.23. The zero-order valence-corrected chi connectivity index (χ0v) is 16.4. The first-order chi connectivity index (χ1) is 10.1. The molecule has 124 valence electrons. The molecular weight excluding hydrogens is 393 g/mol. The van der Waals surface area contributed by atoms with Crippen molar-refractivity contribution in [2.24, 2.45) is 0 Å². The van der Waals surface area contributed by atoms with Crippen molar-refractivity contribution < 1.29 is 14.3 Å². The zero-order valence-electron chi connectivity index (χ0n) is 14.3. The summed E-state index contributed by atoms with van der Waals surface area (Å²) < 4.78 is 12.1. The van der Waals surface area contributed by atoms with Crippen molar-refractivity contribution in [3.63, 3.8) is 0 Å². The fourth-order valence-electron chi connectivity index (χ4n) is 1.89. The molecule has 1 aromatic carbocycles. The molecule has 4 nitrogen and oxygen atoms in total. The lowest BCUT2D eigenvalue weighted by molar-refractivity contribution is 0.0172. The van der Waals surface area contributed by atoms with Gasteiger partial charge in [-0.15, -0.1) is 0 Å². The number of ether oxygens (including phenoxy) is 2.